The van der Waals surface area contributed by atoms with Crippen molar-refractivity contribution in [1.29, 1.82) is 0 Å². The van der Waals surface area contributed by atoms with E-state index in [9.17, 15) is 8.42 Å². The van der Waals surface area contributed by atoms with Gasteiger partial charge in [0.1, 0.15) is 0 Å². The van der Waals surface area contributed by atoms with Crippen molar-refractivity contribution in [2.24, 2.45) is 0 Å². The van der Waals surface area contributed by atoms with Gasteiger partial charge in [0.2, 0.25) is 10.0 Å². The van der Waals surface area contributed by atoms with E-state index in [4.69, 9.17) is 0 Å². The van der Waals surface area contributed by atoms with Crippen molar-refractivity contribution in [3.8, 4) is 0 Å². The van der Waals surface area contributed by atoms with E-state index >= 15 is 0 Å². The average Bonchev–Trinajstić information content (AvgIpc) is 3.10. The minimum absolute atomic E-state index is 0.299. The summed E-state index contributed by atoms with van der Waals surface area (Å²) in [6.45, 7) is 2.08. The average molecular weight is 334 g/mol. The van der Waals surface area contributed by atoms with Crippen LogP contribution in [0.15, 0.2) is 47.5 Å². The Bertz CT molecular complexity index is 701. The van der Waals surface area contributed by atoms with Crippen LogP contribution < -0.4 is 4.72 Å². The highest BCUT2D eigenvalue weighted by molar-refractivity contribution is 7.89. The lowest BCUT2D eigenvalue weighted by atomic mass is 9.99. The van der Waals surface area contributed by atoms with Gasteiger partial charge in [-0.3, -0.25) is 10.00 Å². The summed E-state index contributed by atoms with van der Waals surface area (Å²) in [6, 6.07) is 10.8. The summed E-state index contributed by atoms with van der Waals surface area (Å²) in [6.07, 6.45) is 5.18. The highest BCUT2D eigenvalue weighted by Crippen LogP contribution is 2.28. The van der Waals surface area contributed by atoms with Crippen molar-refractivity contribution in [1.82, 2.24) is 19.8 Å². The lowest BCUT2D eigenvalue weighted by molar-refractivity contribution is 0.148. The Balaban J connectivity index is 1.59. The number of nitrogens with zero attached hydrogens (tertiary/aromatic N) is 2. The van der Waals surface area contributed by atoms with Gasteiger partial charge in [-0.05, 0) is 37.6 Å². The summed E-state index contributed by atoms with van der Waals surface area (Å²) < 4.78 is 27.2. The standard InChI is InChI=1S/C16H22N4O2S/c21-23(22,14-6-2-1-3-7-14)18-11-13-20-12-5-4-8-16(20)15-9-10-17-19-15/h1-3,6-7,9-10,16,18H,4-5,8,11-13H2,(H,17,19). The van der Waals surface area contributed by atoms with E-state index in [1.807, 2.05) is 12.1 Å². The molecule has 0 spiro atoms. The molecule has 23 heavy (non-hydrogen) atoms. The predicted molar refractivity (Wildman–Crippen MR) is 88.4 cm³/mol. The summed E-state index contributed by atoms with van der Waals surface area (Å²) in [7, 11) is -3.43. The van der Waals surface area contributed by atoms with Gasteiger partial charge in [0.25, 0.3) is 0 Å². The van der Waals surface area contributed by atoms with Gasteiger partial charge in [-0.2, -0.15) is 5.10 Å². The van der Waals surface area contributed by atoms with Crippen LogP contribution in [0.25, 0.3) is 0 Å². The number of nitrogens with one attached hydrogen (secondary N) is 2. The molecule has 1 aromatic heterocycles. The summed E-state index contributed by atoms with van der Waals surface area (Å²) in [5, 5.41) is 7.07. The van der Waals surface area contributed by atoms with Crippen molar-refractivity contribution >= 4 is 10.0 Å². The first-order chi connectivity index (χ1) is 11.2. The van der Waals surface area contributed by atoms with Crippen LogP contribution in [0.2, 0.25) is 0 Å². The third-order valence-corrected chi connectivity index (χ3v) is 5.72. The third kappa shape index (κ3) is 3.99. The molecular weight excluding hydrogens is 312 g/mol. The fraction of sp³-hybridized carbons (Fsp3) is 0.438. The van der Waals surface area contributed by atoms with Gasteiger partial charge in [-0.15, -0.1) is 0 Å². The highest BCUT2D eigenvalue weighted by Gasteiger charge is 2.25. The molecule has 7 heteroatoms. The van der Waals surface area contributed by atoms with Crippen LogP contribution >= 0.6 is 0 Å². The number of benzene rings is 1. The second-order valence-electron chi connectivity index (χ2n) is 5.77. The number of rotatable bonds is 6. The topological polar surface area (TPSA) is 78.1 Å². The fourth-order valence-corrected chi connectivity index (χ4v) is 4.11. The lowest BCUT2D eigenvalue weighted by Gasteiger charge is -2.35. The van der Waals surface area contributed by atoms with Crippen LogP contribution in [-0.4, -0.2) is 43.1 Å². The van der Waals surface area contributed by atoms with Gasteiger partial charge in [0.15, 0.2) is 0 Å². The number of aromatic amines is 1. The molecule has 1 unspecified atom stereocenters. The van der Waals surface area contributed by atoms with Crippen molar-refractivity contribution in [3.05, 3.63) is 48.3 Å². The summed E-state index contributed by atoms with van der Waals surface area (Å²) in [4.78, 5) is 2.63. The minimum Gasteiger partial charge on any atom is -0.293 e. The zero-order chi connectivity index (χ0) is 16.1. The fourth-order valence-electron chi connectivity index (χ4n) is 3.07. The summed E-state index contributed by atoms with van der Waals surface area (Å²) in [5.74, 6) is 0. The number of piperidine rings is 1. The van der Waals surface area contributed by atoms with Gasteiger partial charge in [0.05, 0.1) is 16.6 Å². The molecule has 0 radical (unpaired) electrons. The molecule has 6 nitrogen and oxygen atoms in total. The van der Waals surface area contributed by atoms with Gasteiger partial charge >= 0.3 is 0 Å². The maximum Gasteiger partial charge on any atom is 0.240 e. The lowest BCUT2D eigenvalue weighted by Crippen LogP contribution is -2.39. The molecular formula is C16H22N4O2S. The van der Waals surface area contributed by atoms with Gasteiger partial charge < -0.3 is 0 Å². The van der Waals surface area contributed by atoms with Crippen LogP contribution in [-0.2, 0) is 10.0 Å². The number of sulfonamides is 1. The van der Waals surface area contributed by atoms with Crippen molar-refractivity contribution in [2.75, 3.05) is 19.6 Å². The van der Waals surface area contributed by atoms with Crippen LogP contribution in [0.1, 0.15) is 31.0 Å². The molecule has 2 heterocycles. The van der Waals surface area contributed by atoms with Gasteiger partial charge in [-0.25, -0.2) is 13.1 Å². The molecule has 1 aliphatic rings. The Morgan fingerprint density at radius 2 is 2.04 bits per heavy atom. The van der Waals surface area contributed by atoms with Crippen LogP contribution in [0.3, 0.4) is 0 Å². The molecule has 2 N–H and O–H groups in total. The van der Waals surface area contributed by atoms with Crippen molar-refractivity contribution < 1.29 is 8.42 Å². The molecule has 3 rings (SSSR count). The van der Waals surface area contributed by atoms with E-state index in [1.54, 1.807) is 30.5 Å². The number of H-pyrrole nitrogens is 1. The molecule has 1 atom stereocenters. The summed E-state index contributed by atoms with van der Waals surface area (Å²) >= 11 is 0. The molecule has 1 aliphatic heterocycles. The Morgan fingerprint density at radius 3 is 2.78 bits per heavy atom. The van der Waals surface area contributed by atoms with Crippen LogP contribution in [0, 0.1) is 0 Å². The summed E-state index contributed by atoms with van der Waals surface area (Å²) in [5.41, 5.74) is 1.11. The molecule has 1 fully saturated rings. The highest BCUT2D eigenvalue weighted by atomic mass is 32.2. The Labute approximate surface area is 137 Å². The van der Waals surface area contributed by atoms with Gasteiger partial charge in [-0.1, -0.05) is 24.6 Å². The van der Waals surface area contributed by atoms with E-state index in [1.165, 1.54) is 6.42 Å². The Hall–Kier alpha value is -1.70. The first kappa shape index (κ1) is 16.2. The first-order valence-corrected chi connectivity index (χ1v) is 9.43. The molecule has 0 saturated carbocycles. The third-order valence-electron chi connectivity index (χ3n) is 4.24. The first-order valence-electron chi connectivity index (χ1n) is 7.95. The zero-order valence-corrected chi connectivity index (χ0v) is 13.8. The second-order valence-corrected chi connectivity index (χ2v) is 7.54. The maximum atomic E-state index is 12.2. The molecule has 1 aromatic carbocycles. The number of likely N-dealkylation sites (tertiary alicyclic amines) is 1. The SMILES string of the molecule is O=S(=O)(NCCN1CCCCC1c1ccn[nH]1)c1ccccc1. The monoisotopic (exact) mass is 334 g/mol. The van der Waals surface area contributed by atoms with Crippen molar-refractivity contribution in [3.63, 3.8) is 0 Å². The van der Waals surface area contributed by atoms with E-state index in [-0.39, 0.29) is 0 Å². The van der Waals surface area contributed by atoms with Crippen LogP contribution in [0.4, 0.5) is 0 Å². The number of hydrogen-bond donors (Lipinski definition) is 2. The largest absolute Gasteiger partial charge is 0.293 e. The predicted octanol–water partition coefficient (Wildman–Crippen LogP) is 1.92. The molecule has 0 bridgehead atoms. The number of aromatic nitrogens is 2. The maximum absolute atomic E-state index is 12.2. The Kier molecular flexibility index (Phi) is 5.09. The number of hydrogen-bond acceptors (Lipinski definition) is 4. The van der Waals surface area contributed by atoms with Crippen LogP contribution in [0.5, 0.6) is 0 Å². The molecule has 0 aliphatic carbocycles. The van der Waals surface area contributed by atoms with E-state index in [0.717, 1.165) is 25.1 Å². The normalized spacial score (nSPS) is 19.7. The van der Waals surface area contributed by atoms with E-state index in [0.29, 0.717) is 24.0 Å². The Morgan fingerprint density at radius 1 is 1.22 bits per heavy atom. The molecule has 2 aromatic rings. The van der Waals surface area contributed by atoms with E-state index in [2.05, 4.69) is 19.8 Å². The van der Waals surface area contributed by atoms with Crippen molar-refractivity contribution in [2.45, 2.75) is 30.2 Å². The minimum atomic E-state index is -3.43. The van der Waals surface area contributed by atoms with E-state index < -0.39 is 10.0 Å². The second kappa shape index (κ2) is 7.25. The quantitative estimate of drug-likeness (QED) is 0.846. The molecule has 124 valence electrons. The molecule has 0 amide bonds. The zero-order valence-electron chi connectivity index (χ0n) is 13.0. The van der Waals surface area contributed by atoms with Gasteiger partial charge in [0, 0.05) is 19.3 Å². The molecule has 1 saturated heterocycles. The smallest absolute Gasteiger partial charge is 0.240 e.